The molecule has 0 aromatic heterocycles. The maximum Gasteiger partial charge on any atom is 0.277 e. The summed E-state index contributed by atoms with van der Waals surface area (Å²) in [5.41, 5.74) is 3.27. The average Bonchev–Trinajstić information content (AvgIpc) is 3.04. The lowest BCUT2D eigenvalue weighted by Gasteiger charge is -2.43. The second kappa shape index (κ2) is 7.40. The van der Waals surface area contributed by atoms with Crippen LogP contribution < -0.4 is 9.80 Å². The second-order valence-electron chi connectivity index (χ2n) is 7.60. The highest BCUT2D eigenvalue weighted by Gasteiger charge is 2.48. The van der Waals surface area contributed by atoms with Gasteiger partial charge in [0.15, 0.2) is 0 Å². The van der Waals surface area contributed by atoms with Crippen LogP contribution in [0, 0.1) is 5.82 Å². The first kappa shape index (κ1) is 19.1. The number of halogens is 1. The highest BCUT2D eigenvalue weighted by atomic mass is 19.1. The number of hydrogen-bond acceptors (Lipinski definition) is 4. The topological polar surface area (TPSA) is 43.9 Å². The van der Waals surface area contributed by atoms with E-state index in [1.807, 2.05) is 60.7 Å². The highest BCUT2D eigenvalue weighted by Crippen LogP contribution is 2.44. The Morgan fingerprint density at radius 1 is 0.774 bits per heavy atom. The SMILES string of the molecule is CN1C(=O)C2=C(C1=O)N(c1ccc(F)cc1)CN(c1ccccc1)C2c1ccccc1. The van der Waals surface area contributed by atoms with Crippen molar-refractivity contribution in [3.63, 3.8) is 0 Å². The molecule has 2 amide bonds. The second-order valence-corrected chi connectivity index (χ2v) is 7.60. The highest BCUT2D eigenvalue weighted by molar-refractivity contribution is 6.21. The van der Waals surface area contributed by atoms with E-state index in [-0.39, 0.29) is 17.6 Å². The Morgan fingerprint density at radius 3 is 2.03 bits per heavy atom. The van der Waals surface area contributed by atoms with Gasteiger partial charge < -0.3 is 9.80 Å². The minimum absolute atomic E-state index is 0.318. The largest absolute Gasteiger partial charge is 0.342 e. The third kappa shape index (κ3) is 3.08. The van der Waals surface area contributed by atoms with Gasteiger partial charge in [-0.05, 0) is 42.0 Å². The molecule has 0 spiro atoms. The quantitative estimate of drug-likeness (QED) is 0.607. The van der Waals surface area contributed by atoms with Gasteiger partial charge in [0.05, 0.1) is 18.3 Å². The first-order valence-corrected chi connectivity index (χ1v) is 10.0. The molecule has 0 fully saturated rings. The lowest BCUT2D eigenvalue weighted by atomic mass is 9.93. The van der Waals surface area contributed by atoms with E-state index in [4.69, 9.17) is 0 Å². The number of rotatable bonds is 3. The molecule has 1 unspecified atom stereocenters. The number of likely N-dealkylation sites (N-methyl/N-ethyl adjacent to an activating group) is 1. The molecule has 31 heavy (non-hydrogen) atoms. The van der Waals surface area contributed by atoms with E-state index in [2.05, 4.69) is 4.90 Å². The summed E-state index contributed by atoms with van der Waals surface area (Å²) < 4.78 is 13.6. The molecule has 3 aromatic rings. The number of hydrogen-bond donors (Lipinski definition) is 0. The van der Waals surface area contributed by atoms with Crippen LogP contribution in [-0.4, -0.2) is 30.4 Å². The number of carbonyl (C=O) groups excluding carboxylic acids is 2. The molecule has 0 saturated carbocycles. The summed E-state index contributed by atoms with van der Waals surface area (Å²) in [7, 11) is 1.50. The molecule has 0 N–H and O–H groups in total. The maximum atomic E-state index is 13.6. The van der Waals surface area contributed by atoms with Crippen LogP contribution in [0.3, 0.4) is 0 Å². The fourth-order valence-corrected chi connectivity index (χ4v) is 4.28. The average molecular weight is 413 g/mol. The van der Waals surface area contributed by atoms with Crippen molar-refractivity contribution >= 4 is 23.2 Å². The summed E-state index contributed by atoms with van der Waals surface area (Å²) >= 11 is 0. The summed E-state index contributed by atoms with van der Waals surface area (Å²) in [6.07, 6.45) is 0. The van der Waals surface area contributed by atoms with E-state index in [0.29, 0.717) is 23.6 Å². The van der Waals surface area contributed by atoms with Crippen LogP contribution >= 0.6 is 0 Å². The van der Waals surface area contributed by atoms with Gasteiger partial charge in [-0.2, -0.15) is 0 Å². The number of anilines is 2. The summed E-state index contributed by atoms with van der Waals surface area (Å²) in [4.78, 5) is 31.5. The van der Waals surface area contributed by atoms with Crippen molar-refractivity contribution in [1.29, 1.82) is 0 Å². The van der Waals surface area contributed by atoms with Gasteiger partial charge in [0, 0.05) is 18.4 Å². The number of para-hydroxylation sites is 1. The Kier molecular flexibility index (Phi) is 4.55. The van der Waals surface area contributed by atoms with E-state index < -0.39 is 6.04 Å². The normalized spacial score (nSPS) is 18.6. The molecule has 1 atom stereocenters. The van der Waals surface area contributed by atoms with Crippen LogP contribution in [0.2, 0.25) is 0 Å². The van der Waals surface area contributed by atoms with E-state index in [9.17, 15) is 14.0 Å². The summed E-state index contributed by atoms with van der Waals surface area (Å²) in [5.74, 6) is -1.03. The monoisotopic (exact) mass is 413 g/mol. The third-order valence-corrected chi connectivity index (χ3v) is 5.79. The van der Waals surface area contributed by atoms with Crippen LogP contribution in [0.25, 0.3) is 0 Å². The van der Waals surface area contributed by atoms with Crippen molar-refractivity contribution in [2.75, 3.05) is 23.5 Å². The van der Waals surface area contributed by atoms with E-state index in [1.54, 1.807) is 17.0 Å². The Hall–Kier alpha value is -3.93. The molecule has 2 heterocycles. The van der Waals surface area contributed by atoms with Crippen molar-refractivity contribution in [3.05, 3.63) is 108 Å². The molecule has 2 aliphatic rings. The minimum atomic E-state index is -0.420. The van der Waals surface area contributed by atoms with Gasteiger partial charge in [-0.3, -0.25) is 14.5 Å². The molecular formula is C25H20FN3O2. The number of benzene rings is 3. The van der Waals surface area contributed by atoms with Gasteiger partial charge in [0.1, 0.15) is 11.5 Å². The molecule has 5 nitrogen and oxygen atoms in total. The van der Waals surface area contributed by atoms with Gasteiger partial charge in [0.25, 0.3) is 11.8 Å². The molecule has 154 valence electrons. The fourth-order valence-electron chi connectivity index (χ4n) is 4.28. The smallest absolute Gasteiger partial charge is 0.277 e. The zero-order valence-corrected chi connectivity index (χ0v) is 16.9. The number of amides is 2. The van der Waals surface area contributed by atoms with Gasteiger partial charge >= 0.3 is 0 Å². The van der Waals surface area contributed by atoms with Gasteiger partial charge in [-0.1, -0.05) is 48.5 Å². The minimum Gasteiger partial charge on any atom is -0.342 e. The number of imide groups is 1. The molecule has 0 radical (unpaired) electrons. The summed E-state index contributed by atoms with van der Waals surface area (Å²) in [6.45, 7) is 0.334. The molecular weight excluding hydrogens is 393 g/mol. The van der Waals surface area contributed by atoms with Crippen molar-refractivity contribution in [2.45, 2.75) is 6.04 Å². The van der Waals surface area contributed by atoms with Crippen LogP contribution in [0.5, 0.6) is 0 Å². The van der Waals surface area contributed by atoms with Crippen molar-refractivity contribution in [1.82, 2.24) is 4.90 Å². The molecule has 0 saturated heterocycles. The molecule has 2 aliphatic heterocycles. The Labute approximate surface area is 179 Å². The molecule has 5 rings (SSSR count). The molecule has 3 aromatic carbocycles. The van der Waals surface area contributed by atoms with Gasteiger partial charge in [-0.25, -0.2) is 4.39 Å². The summed E-state index contributed by atoms with van der Waals surface area (Å²) in [5, 5.41) is 0. The van der Waals surface area contributed by atoms with Crippen LogP contribution in [0.1, 0.15) is 11.6 Å². The van der Waals surface area contributed by atoms with Crippen molar-refractivity contribution < 1.29 is 14.0 Å². The number of nitrogens with zero attached hydrogens (tertiary/aromatic N) is 3. The van der Waals surface area contributed by atoms with Crippen molar-refractivity contribution in [2.24, 2.45) is 0 Å². The predicted molar refractivity (Wildman–Crippen MR) is 117 cm³/mol. The van der Waals surface area contributed by atoms with Crippen LogP contribution in [-0.2, 0) is 9.59 Å². The van der Waals surface area contributed by atoms with Gasteiger partial charge in [-0.15, -0.1) is 0 Å². The predicted octanol–water partition coefficient (Wildman–Crippen LogP) is 4.10. The maximum absolute atomic E-state index is 13.6. The standard InChI is InChI=1S/C25H20FN3O2/c1-27-24(30)21-22(17-8-4-2-5-9-17)28(19-10-6-3-7-11-19)16-29(23(21)25(27)31)20-14-12-18(26)13-15-20/h2-15,22H,16H2,1H3. The Bertz CT molecular complexity index is 1180. The zero-order valence-electron chi connectivity index (χ0n) is 16.9. The Balaban J connectivity index is 1.75. The van der Waals surface area contributed by atoms with E-state index in [1.165, 1.54) is 19.2 Å². The van der Waals surface area contributed by atoms with E-state index in [0.717, 1.165) is 16.2 Å². The van der Waals surface area contributed by atoms with Gasteiger partial charge in [0.2, 0.25) is 0 Å². The lowest BCUT2D eigenvalue weighted by molar-refractivity contribution is -0.136. The van der Waals surface area contributed by atoms with Crippen molar-refractivity contribution in [3.8, 4) is 0 Å². The molecule has 0 aliphatic carbocycles. The Morgan fingerprint density at radius 2 is 1.39 bits per heavy atom. The summed E-state index contributed by atoms with van der Waals surface area (Å²) in [6, 6.07) is 25.0. The van der Waals surface area contributed by atoms with Crippen LogP contribution in [0.15, 0.2) is 96.2 Å². The third-order valence-electron chi connectivity index (χ3n) is 5.79. The van der Waals surface area contributed by atoms with Crippen LogP contribution in [0.4, 0.5) is 15.8 Å². The molecule has 6 heteroatoms. The zero-order chi connectivity index (χ0) is 21.5. The van der Waals surface area contributed by atoms with E-state index >= 15 is 0 Å². The fraction of sp³-hybridized carbons (Fsp3) is 0.120. The first-order chi connectivity index (χ1) is 15.1. The number of carbonyl (C=O) groups is 2. The lowest BCUT2D eigenvalue weighted by Crippen LogP contribution is -2.47. The molecule has 0 bridgehead atoms. The first-order valence-electron chi connectivity index (χ1n) is 10.0.